The Labute approximate surface area is 124 Å². The Morgan fingerprint density at radius 3 is 2.60 bits per heavy atom. The number of nitrogens with zero attached hydrogens (tertiary/aromatic N) is 1. The Bertz CT molecular complexity index is 321. The Kier molecular flexibility index (Phi) is 4.05. The van der Waals surface area contributed by atoms with E-state index in [9.17, 15) is 0 Å². The van der Waals surface area contributed by atoms with Crippen LogP contribution in [-0.2, 0) is 0 Å². The quantitative estimate of drug-likeness (QED) is 0.849. The van der Waals surface area contributed by atoms with E-state index >= 15 is 0 Å². The van der Waals surface area contributed by atoms with Crippen molar-refractivity contribution >= 4 is 0 Å². The molecule has 0 aromatic heterocycles. The molecule has 2 heteroatoms. The molecule has 0 aromatic rings. The van der Waals surface area contributed by atoms with Gasteiger partial charge in [-0.15, -0.1) is 0 Å². The second-order valence-electron chi connectivity index (χ2n) is 7.97. The first kappa shape index (κ1) is 13.6. The highest BCUT2D eigenvalue weighted by Crippen LogP contribution is 2.50. The van der Waals surface area contributed by atoms with Gasteiger partial charge in [-0.3, -0.25) is 4.90 Å². The second kappa shape index (κ2) is 5.96. The van der Waals surface area contributed by atoms with Gasteiger partial charge in [0.2, 0.25) is 0 Å². The van der Waals surface area contributed by atoms with E-state index in [0.29, 0.717) is 0 Å². The molecule has 20 heavy (non-hydrogen) atoms. The lowest BCUT2D eigenvalue weighted by atomic mass is 9.84. The minimum Gasteiger partial charge on any atom is -0.311 e. The molecule has 4 rings (SSSR count). The highest BCUT2D eigenvalue weighted by molar-refractivity contribution is 4.98. The number of fused-ring (bicyclic) bond motifs is 1. The van der Waals surface area contributed by atoms with Gasteiger partial charge in [0.15, 0.2) is 0 Å². The van der Waals surface area contributed by atoms with Gasteiger partial charge in [-0.1, -0.05) is 44.9 Å². The van der Waals surface area contributed by atoms with Crippen LogP contribution in [0.5, 0.6) is 0 Å². The number of nitrogens with one attached hydrogen (secondary N) is 1. The fourth-order valence-corrected chi connectivity index (χ4v) is 5.49. The molecule has 114 valence electrons. The zero-order chi connectivity index (χ0) is 13.4. The van der Waals surface area contributed by atoms with Gasteiger partial charge >= 0.3 is 0 Å². The van der Waals surface area contributed by atoms with Crippen LogP contribution < -0.4 is 5.32 Å². The minimum atomic E-state index is 0.824. The number of hydrogen-bond donors (Lipinski definition) is 1. The molecule has 4 atom stereocenters. The summed E-state index contributed by atoms with van der Waals surface area (Å²) in [5.41, 5.74) is 0. The van der Waals surface area contributed by atoms with Gasteiger partial charge in [0.1, 0.15) is 0 Å². The average Bonchev–Trinajstić information content (AvgIpc) is 3.28. The molecule has 1 N–H and O–H groups in total. The largest absolute Gasteiger partial charge is 0.311 e. The van der Waals surface area contributed by atoms with Gasteiger partial charge in [-0.05, 0) is 37.0 Å². The van der Waals surface area contributed by atoms with Gasteiger partial charge in [-0.25, -0.2) is 0 Å². The van der Waals surface area contributed by atoms with Crippen molar-refractivity contribution in [2.75, 3.05) is 19.6 Å². The van der Waals surface area contributed by atoms with Crippen molar-refractivity contribution in [3.63, 3.8) is 0 Å². The Balaban J connectivity index is 1.30. The van der Waals surface area contributed by atoms with E-state index in [4.69, 9.17) is 0 Å². The van der Waals surface area contributed by atoms with E-state index < -0.39 is 0 Å². The van der Waals surface area contributed by atoms with Crippen LogP contribution in [0.25, 0.3) is 0 Å². The van der Waals surface area contributed by atoms with E-state index in [1.54, 1.807) is 19.3 Å². The maximum atomic E-state index is 3.78. The van der Waals surface area contributed by atoms with Crippen molar-refractivity contribution < 1.29 is 0 Å². The van der Waals surface area contributed by atoms with Crippen LogP contribution in [-0.4, -0.2) is 36.6 Å². The summed E-state index contributed by atoms with van der Waals surface area (Å²) < 4.78 is 0. The third kappa shape index (κ3) is 2.78. The fraction of sp³-hybridized carbons (Fsp3) is 1.00. The number of hydrogen-bond acceptors (Lipinski definition) is 2. The van der Waals surface area contributed by atoms with Crippen molar-refractivity contribution in [2.45, 2.75) is 76.3 Å². The van der Waals surface area contributed by atoms with E-state index in [-0.39, 0.29) is 0 Å². The zero-order valence-electron chi connectivity index (χ0n) is 13.0. The minimum absolute atomic E-state index is 0.824. The third-order valence-corrected chi connectivity index (χ3v) is 6.71. The lowest BCUT2D eigenvalue weighted by Gasteiger charge is -2.45. The monoisotopic (exact) mass is 276 g/mol. The molecular weight excluding hydrogens is 244 g/mol. The summed E-state index contributed by atoms with van der Waals surface area (Å²) in [6.07, 6.45) is 15.0. The molecule has 0 unspecified atom stereocenters. The van der Waals surface area contributed by atoms with Gasteiger partial charge < -0.3 is 5.32 Å². The molecule has 0 amide bonds. The van der Waals surface area contributed by atoms with E-state index in [1.165, 1.54) is 64.6 Å². The molecule has 2 nitrogen and oxygen atoms in total. The van der Waals surface area contributed by atoms with Crippen LogP contribution in [0.3, 0.4) is 0 Å². The zero-order valence-corrected chi connectivity index (χ0v) is 13.0. The van der Waals surface area contributed by atoms with Crippen molar-refractivity contribution in [3.05, 3.63) is 0 Å². The van der Waals surface area contributed by atoms with Gasteiger partial charge in [-0.2, -0.15) is 0 Å². The van der Waals surface area contributed by atoms with E-state index in [1.807, 2.05) is 0 Å². The molecule has 3 aliphatic carbocycles. The molecular formula is C18H32N2. The number of piperazine rings is 1. The summed E-state index contributed by atoms with van der Waals surface area (Å²) in [7, 11) is 0. The van der Waals surface area contributed by atoms with E-state index in [0.717, 1.165) is 29.8 Å². The van der Waals surface area contributed by atoms with Crippen molar-refractivity contribution in [1.29, 1.82) is 0 Å². The van der Waals surface area contributed by atoms with Gasteiger partial charge in [0.25, 0.3) is 0 Å². The molecule has 0 radical (unpaired) electrons. The second-order valence-corrected chi connectivity index (χ2v) is 7.97. The lowest BCUT2D eigenvalue weighted by molar-refractivity contribution is 0.0807. The fourth-order valence-electron chi connectivity index (χ4n) is 5.49. The molecule has 4 aliphatic rings. The highest BCUT2D eigenvalue weighted by Gasteiger charge is 2.45. The maximum absolute atomic E-state index is 3.78. The molecule has 1 saturated heterocycles. The first-order valence-corrected chi connectivity index (χ1v) is 9.39. The van der Waals surface area contributed by atoms with Crippen LogP contribution in [0, 0.1) is 17.8 Å². The Morgan fingerprint density at radius 2 is 1.70 bits per heavy atom. The predicted molar refractivity (Wildman–Crippen MR) is 83.8 cm³/mol. The average molecular weight is 276 g/mol. The molecule has 0 bridgehead atoms. The van der Waals surface area contributed by atoms with E-state index in [2.05, 4.69) is 10.2 Å². The molecule has 3 saturated carbocycles. The smallest absolute Gasteiger partial charge is 0.0250 e. The normalized spacial score (nSPS) is 43.2. The van der Waals surface area contributed by atoms with Crippen LogP contribution in [0.1, 0.15) is 64.2 Å². The van der Waals surface area contributed by atoms with Crippen LogP contribution in [0.15, 0.2) is 0 Å². The van der Waals surface area contributed by atoms with Crippen molar-refractivity contribution in [2.24, 2.45) is 17.8 Å². The summed E-state index contributed by atoms with van der Waals surface area (Å²) in [6.45, 7) is 3.99. The summed E-state index contributed by atoms with van der Waals surface area (Å²) >= 11 is 0. The van der Waals surface area contributed by atoms with Gasteiger partial charge in [0, 0.05) is 31.7 Å². The standard InChI is InChI=1S/C18H32N2/c1-2-6-14(7-3-1)16-12-15(16)13-20-11-10-19-17-8-4-5-9-18(17)20/h14-19H,1-13H2/t15-,16+,17+,18-/m1/s1. The first-order valence-electron chi connectivity index (χ1n) is 9.39. The molecule has 0 aromatic carbocycles. The van der Waals surface area contributed by atoms with Crippen LogP contribution in [0.2, 0.25) is 0 Å². The third-order valence-electron chi connectivity index (χ3n) is 6.71. The molecule has 0 spiro atoms. The van der Waals surface area contributed by atoms with Crippen molar-refractivity contribution in [3.8, 4) is 0 Å². The van der Waals surface area contributed by atoms with Gasteiger partial charge in [0.05, 0.1) is 0 Å². The summed E-state index contributed by atoms with van der Waals surface area (Å²) in [4.78, 5) is 2.88. The predicted octanol–water partition coefficient (Wildman–Crippen LogP) is 3.42. The summed E-state index contributed by atoms with van der Waals surface area (Å²) in [5, 5.41) is 3.78. The molecule has 4 fully saturated rings. The lowest BCUT2D eigenvalue weighted by Crippen LogP contribution is -2.59. The molecule has 1 heterocycles. The Morgan fingerprint density at radius 1 is 0.900 bits per heavy atom. The van der Waals surface area contributed by atoms with Crippen LogP contribution in [0.4, 0.5) is 0 Å². The highest BCUT2D eigenvalue weighted by atomic mass is 15.2. The maximum Gasteiger partial charge on any atom is 0.0250 e. The molecule has 1 aliphatic heterocycles. The summed E-state index contributed by atoms with van der Waals surface area (Å²) in [6, 6.07) is 1.70. The van der Waals surface area contributed by atoms with Crippen molar-refractivity contribution in [1.82, 2.24) is 10.2 Å². The van der Waals surface area contributed by atoms with Crippen LogP contribution >= 0.6 is 0 Å². The topological polar surface area (TPSA) is 15.3 Å². The Hall–Kier alpha value is -0.0800. The number of rotatable bonds is 3. The SMILES string of the molecule is C1CCC([C@@H]2C[C@@H]2CN2CCN[C@H]3CCCC[C@H]32)CC1. The first-order chi connectivity index (χ1) is 9.92. The summed E-state index contributed by atoms with van der Waals surface area (Å²) in [5.74, 6) is 3.30.